The monoisotopic (exact) mass is 238 g/mol. The number of H-pyrrole nitrogens is 1. The summed E-state index contributed by atoms with van der Waals surface area (Å²) in [6, 6.07) is 3.83. The second-order valence-corrected chi connectivity index (χ2v) is 4.66. The van der Waals surface area contributed by atoms with Crippen LogP contribution in [0.3, 0.4) is 0 Å². The zero-order valence-electron chi connectivity index (χ0n) is 10.1. The molecule has 0 spiro atoms. The molecule has 1 rings (SSSR count). The van der Waals surface area contributed by atoms with Gasteiger partial charge >= 0.3 is 5.97 Å². The van der Waals surface area contributed by atoms with E-state index in [1.807, 2.05) is 18.3 Å². The number of carbonyl (C=O) groups is 2. The number of aromatic amines is 1. The summed E-state index contributed by atoms with van der Waals surface area (Å²) >= 11 is 0. The van der Waals surface area contributed by atoms with Crippen LogP contribution in [0.5, 0.6) is 0 Å². The van der Waals surface area contributed by atoms with Crippen LogP contribution in [0.1, 0.15) is 26.0 Å². The maximum Gasteiger partial charge on any atom is 0.304 e. The first-order valence-electron chi connectivity index (χ1n) is 5.54. The number of carboxylic acids is 1. The highest BCUT2D eigenvalue weighted by Gasteiger charge is 2.29. The lowest BCUT2D eigenvalue weighted by atomic mass is 9.88. The molecule has 1 heterocycles. The molecule has 0 radical (unpaired) electrons. The fourth-order valence-corrected chi connectivity index (χ4v) is 1.53. The topological polar surface area (TPSA) is 82.2 Å². The number of hydrogen-bond acceptors (Lipinski definition) is 2. The molecule has 0 aromatic carbocycles. The van der Waals surface area contributed by atoms with Crippen molar-refractivity contribution < 1.29 is 14.7 Å². The summed E-state index contributed by atoms with van der Waals surface area (Å²) in [6.45, 7) is 3.76. The Kier molecular flexibility index (Phi) is 4.31. The Morgan fingerprint density at radius 1 is 1.47 bits per heavy atom. The zero-order chi connectivity index (χ0) is 12.9. The molecule has 0 unspecified atom stereocenters. The molecule has 0 fully saturated rings. The Hall–Kier alpha value is -1.78. The largest absolute Gasteiger partial charge is 0.481 e. The van der Waals surface area contributed by atoms with E-state index in [0.717, 1.165) is 5.69 Å². The first-order valence-corrected chi connectivity index (χ1v) is 5.54. The lowest BCUT2D eigenvalue weighted by Gasteiger charge is -2.21. The van der Waals surface area contributed by atoms with Gasteiger partial charge in [-0.15, -0.1) is 0 Å². The predicted octanol–water partition coefficient (Wildman–Crippen LogP) is 1.17. The van der Waals surface area contributed by atoms with Gasteiger partial charge in [0.1, 0.15) is 0 Å². The van der Waals surface area contributed by atoms with Crippen molar-refractivity contribution in [3.05, 3.63) is 24.0 Å². The number of hydrogen-bond donors (Lipinski definition) is 3. The van der Waals surface area contributed by atoms with Gasteiger partial charge in [0.2, 0.25) is 5.91 Å². The average Bonchev–Trinajstić information content (AvgIpc) is 2.68. The van der Waals surface area contributed by atoms with Crippen LogP contribution in [-0.2, 0) is 16.0 Å². The second kappa shape index (κ2) is 5.52. The number of amides is 1. The third kappa shape index (κ3) is 4.30. The standard InChI is InChI=1S/C12H18N2O3/c1-12(2,8-10(15)16)11(17)14-7-5-9-4-3-6-13-9/h3-4,6,13H,5,7-8H2,1-2H3,(H,14,17)(H,15,16). The quantitative estimate of drug-likeness (QED) is 0.695. The molecule has 0 aliphatic heterocycles. The molecule has 0 saturated carbocycles. The number of aromatic nitrogens is 1. The highest BCUT2D eigenvalue weighted by Crippen LogP contribution is 2.20. The van der Waals surface area contributed by atoms with Crippen molar-refractivity contribution in [1.82, 2.24) is 10.3 Å². The fourth-order valence-electron chi connectivity index (χ4n) is 1.53. The van der Waals surface area contributed by atoms with E-state index in [2.05, 4.69) is 10.3 Å². The summed E-state index contributed by atoms with van der Waals surface area (Å²) in [5.74, 6) is -1.19. The maximum absolute atomic E-state index is 11.7. The van der Waals surface area contributed by atoms with E-state index in [0.29, 0.717) is 13.0 Å². The molecule has 0 aliphatic carbocycles. The van der Waals surface area contributed by atoms with Crippen molar-refractivity contribution in [3.8, 4) is 0 Å². The molecule has 1 aromatic heterocycles. The normalized spacial score (nSPS) is 11.2. The third-order valence-electron chi connectivity index (χ3n) is 2.55. The summed E-state index contributed by atoms with van der Waals surface area (Å²) in [6.07, 6.45) is 2.37. The van der Waals surface area contributed by atoms with Crippen LogP contribution < -0.4 is 5.32 Å². The van der Waals surface area contributed by atoms with Gasteiger partial charge in [0.15, 0.2) is 0 Å². The Balaban J connectivity index is 2.36. The maximum atomic E-state index is 11.7. The summed E-state index contributed by atoms with van der Waals surface area (Å²) in [5.41, 5.74) is 0.169. The van der Waals surface area contributed by atoms with Crippen LogP contribution in [0, 0.1) is 5.41 Å². The molecule has 0 bridgehead atoms. The fraction of sp³-hybridized carbons (Fsp3) is 0.500. The van der Waals surface area contributed by atoms with E-state index < -0.39 is 11.4 Å². The van der Waals surface area contributed by atoms with Crippen LogP contribution in [0.25, 0.3) is 0 Å². The summed E-state index contributed by atoms with van der Waals surface area (Å²) < 4.78 is 0. The lowest BCUT2D eigenvalue weighted by Crippen LogP contribution is -2.39. The SMILES string of the molecule is CC(C)(CC(=O)O)C(=O)NCCc1ccc[nH]1. The Morgan fingerprint density at radius 2 is 2.18 bits per heavy atom. The Bertz CT molecular complexity index is 382. The lowest BCUT2D eigenvalue weighted by molar-refractivity contribution is -0.144. The smallest absolute Gasteiger partial charge is 0.304 e. The molecule has 1 aromatic rings. The molecule has 5 nitrogen and oxygen atoms in total. The number of carbonyl (C=O) groups excluding carboxylic acids is 1. The minimum atomic E-state index is -0.963. The molecule has 1 amide bonds. The van der Waals surface area contributed by atoms with Crippen molar-refractivity contribution in [2.75, 3.05) is 6.54 Å². The van der Waals surface area contributed by atoms with Crippen LogP contribution >= 0.6 is 0 Å². The second-order valence-electron chi connectivity index (χ2n) is 4.66. The average molecular weight is 238 g/mol. The highest BCUT2D eigenvalue weighted by atomic mass is 16.4. The first-order chi connectivity index (χ1) is 7.92. The van der Waals surface area contributed by atoms with Crippen LogP contribution in [0.2, 0.25) is 0 Å². The van der Waals surface area contributed by atoms with Gasteiger partial charge in [-0.2, -0.15) is 0 Å². The van der Waals surface area contributed by atoms with E-state index in [-0.39, 0.29) is 12.3 Å². The molecule has 0 atom stereocenters. The van der Waals surface area contributed by atoms with Gasteiger partial charge in [0.25, 0.3) is 0 Å². The number of carboxylic acid groups (broad SMARTS) is 1. The van der Waals surface area contributed by atoms with E-state index in [9.17, 15) is 9.59 Å². The van der Waals surface area contributed by atoms with Gasteiger partial charge in [0, 0.05) is 24.9 Å². The van der Waals surface area contributed by atoms with E-state index in [1.54, 1.807) is 13.8 Å². The number of aliphatic carboxylic acids is 1. The van der Waals surface area contributed by atoms with Gasteiger partial charge in [-0.25, -0.2) is 0 Å². The summed E-state index contributed by atoms with van der Waals surface area (Å²) in [7, 11) is 0. The number of nitrogens with one attached hydrogen (secondary N) is 2. The van der Waals surface area contributed by atoms with Gasteiger partial charge in [-0.05, 0) is 12.1 Å². The highest BCUT2D eigenvalue weighted by molar-refractivity contribution is 5.86. The summed E-state index contributed by atoms with van der Waals surface area (Å²) in [5, 5.41) is 11.4. The van der Waals surface area contributed by atoms with Crippen LogP contribution in [-0.4, -0.2) is 28.5 Å². The Morgan fingerprint density at radius 3 is 2.71 bits per heavy atom. The molecular formula is C12H18N2O3. The van der Waals surface area contributed by atoms with Crippen molar-refractivity contribution in [2.45, 2.75) is 26.7 Å². The molecule has 5 heteroatoms. The third-order valence-corrected chi connectivity index (χ3v) is 2.55. The minimum absolute atomic E-state index is 0.165. The molecule has 17 heavy (non-hydrogen) atoms. The van der Waals surface area contributed by atoms with Gasteiger partial charge in [0.05, 0.1) is 11.8 Å². The predicted molar refractivity (Wildman–Crippen MR) is 63.5 cm³/mol. The number of rotatable bonds is 6. The van der Waals surface area contributed by atoms with Gasteiger partial charge in [-0.1, -0.05) is 13.8 Å². The Labute approximate surface area is 100 Å². The van der Waals surface area contributed by atoms with Gasteiger partial charge in [-0.3, -0.25) is 9.59 Å². The van der Waals surface area contributed by atoms with E-state index in [4.69, 9.17) is 5.11 Å². The molecule has 3 N–H and O–H groups in total. The van der Waals surface area contributed by atoms with Crippen molar-refractivity contribution in [2.24, 2.45) is 5.41 Å². The summed E-state index contributed by atoms with van der Waals surface area (Å²) in [4.78, 5) is 25.4. The molecule has 94 valence electrons. The molecule has 0 saturated heterocycles. The minimum Gasteiger partial charge on any atom is -0.481 e. The zero-order valence-corrected chi connectivity index (χ0v) is 10.1. The van der Waals surface area contributed by atoms with Crippen molar-refractivity contribution in [1.29, 1.82) is 0 Å². The van der Waals surface area contributed by atoms with Crippen molar-refractivity contribution in [3.63, 3.8) is 0 Å². The van der Waals surface area contributed by atoms with Crippen molar-refractivity contribution >= 4 is 11.9 Å². The molecular weight excluding hydrogens is 220 g/mol. The van der Waals surface area contributed by atoms with Gasteiger partial charge < -0.3 is 15.4 Å². The van der Waals surface area contributed by atoms with E-state index >= 15 is 0 Å². The van der Waals surface area contributed by atoms with Crippen LogP contribution in [0.4, 0.5) is 0 Å². The van der Waals surface area contributed by atoms with E-state index in [1.165, 1.54) is 0 Å². The first kappa shape index (κ1) is 13.3. The molecule has 0 aliphatic rings. The van der Waals surface area contributed by atoms with Crippen LogP contribution in [0.15, 0.2) is 18.3 Å².